The van der Waals surface area contributed by atoms with Crippen LogP contribution in [-0.4, -0.2) is 23.4 Å². The highest BCUT2D eigenvalue weighted by Gasteiger charge is 2.10. The average molecular weight is 274 g/mol. The van der Waals surface area contributed by atoms with Crippen LogP contribution < -0.4 is 5.32 Å². The highest BCUT2D eigenvalue weighted by atomic mass is 79.9. The van der Waals surface area contributed by atoms with Gasteiger partial charge in [0.25, 0.3) is 0 Å². The molecule has 0 saturated heterocycles. The van der Waals surface area contributed by atoms with E-state index in [0.717, 1.165) is 25.2 Å². The van der Waals surface area contributed by atoms with Gasteiger partial charge in [0, 0.05) is 6.54 Å². The van der Waals surface area contributed by atoms with Gasteiger partial charge in [-0.1, -0.05) is 0 Å². The third-order valence-electron chi connectivity index (χ3n) is 2.54. The molecule has 0 radical (unpaired) electrons. The maximum Gasteiger partial charge on any atom is 0.0738 e. The molecule has 0 aromatic carbocycles. The van der Waals surface area contributed by atoms with E-state index in [9.17, 15) is 0 Å². The first-order valence-corrected chi connectivity index (χ1v) is 6.36. The summed E-state index contributed by atoms with van der Waals surface area (Å²) < 4.78 is 3.28. The van der Waals surface area contributed by atoms with E-state index in [4.69, 9.17) is 0 Å². The van der Waals surface area contributed by atoms with Gasteiger partial charge in [0.2, 0.25) is 0 Å². The second-order valence-corrected chi connectivity index (χ2v) is 4.52. The molecule has 3 nitrogen and oxygen atoms in total. The van der Waals surface area contributed by atoms with E-state index in [1.54, 1.807) is 0 Å². The highest BCUT2D eigenvalue weighted by Crippen LogP contribution is 2.22. The molecule has 0 amide bonds. The van der Waals surface area contributed by atoms with Crippen LogP contribution in [0, 0.1) is 6.92 Å². The molecular weight excluding hydrogens is 254 g/mol. The van der Waals surface area contributed by atoms with Gasteiger partial charge in [-0.15, -0.1) is 0 Å². The fourth-order valence-corrected chi connectivity index (χ4v) is 2.18. The van der Waals surface area contributed by atoms with E-state index < -0.39 is 0 Å². The first-order valence-electron chi connectivity index (χ1n) is 5.57. The molecule has 4 heteroatoms. The van der Waals surface area contributed by atoms with Crippen molar-refractivity contribution >= 4 is 15.9 Å². The number of aromatic nitrogens is 2. The summed E-state index contributed by atoms with van der Waals surface area (Å²) in [5, 5.41) is 7.65. The Morgan fingerprint density at radius 3 is 2.73 bits per heavy atom. The SMILES string of the molecule is CCn1nc(C)c(Br)c1CCCCNC. The average Bonchev–Trinajstić information content (AvgIpc) is 2.51. The van der Waals surface area contributed by atoms with Gasteiger partial charge < -0.3 is 5.32 Å². The molecule has 1 aromatic rings. The van der Waals surface area contributed by atoms with E-state index in [1.807, 2.05) is 14.0 Å². The Kier molecular flexibility index (Phi) is 5.32. The molecule has 1 N–H and O–H groups in total. The minimum absolute atomic E-state index is 0.952. The van der Waals surface area contributed by atoms with Crippen LogP contribution in [0.25, 0.3) is 0 Å². The fourth-order valence-electron chi connectivity index (χ4n) is 1.70. The van der Waals surface area contributed by atoms with Crippen LogP contribution in [0.2, 0.25) is 0 Å². The van der Waals surface area contributed by atoms with Crippen molar-refractivity contribution in [2.75, 3.05) is 13.6 Å². The number of nitrogens with zero attached hydrogens (tertiary/aromatic N) is 2. The number of hydrogen-bond donors (Lipinski definition) is 1. The number of unbranched alkanes of at least 4 members (excludes halogenated alkanes) is 1. The summed E-state index contributed by atoms with van der Waals surface area (Å²) in [6.07, 6.45) is 3.54. The predicted octanol–water partition coefficient (Wildman–Crippen LogP) is 2.52. The second kappa shape index (κ2) is 6.28. The van der Waals surface area contributed by atoms with Gasteiger partial charge in [0.15, 0.2) is 0 Å². The molecule has 0 unspecified atom stereocenters. The van der Waals surface area contributed by atoms with Gasteiger partial charge in [-0.3, -0.25) is 4.68 Å². The molecule has 0 aliphatic carbocycles. The normalized spacial score (nSPS) is 10.9. The third kappa shape index (κ3) is 3.31. The summed E-state index contributed by atoms with van der Waals surface area (Å²) in [4.78, 5) is 0. The topological polar surface area (TPSA) is 29.9 Å². The number of hydrogen-bond acceptors (Lipinski definition) is 2. The van der Waals surface area contributed by atoms with Crippen molar-refractivity contribution in [2.24, 2.45) is 0 Å². The lowest BCUT2D eigenvalue weighted by molar-refractivity contribution is 0.591. The van der Waals surface area contributed by atoms with Crippen molar-refractivity contribution in [1.82, 2.24) is 15.1 Å². The molecule has 86 valence electrons. The zero-order valence-corrected chi connectivity index (χ0v) is 11.4. The molecule has 0 atom stereocenters. The molecule has 15 heavy (non-hydrogen) atoms. The Hall–Kier alpha value is -0.350. The lowest BCUT2D eigenvalue weighted by atomic mass is 10.2. The smallest absolute Gasteiger partial charge is 0.0738 e. The van der Waals surface area contributed by atoms with Crippen molar-refractivity contribution < 1.29 is 0 Å². The molecule has 0 bridgehead atoms. The lowest BCUT2D eigenvalue weighted by Gasteiger charge is -2.05. The molecule has 1 aromatic heterocycles. The zero-order valence-electron chi connectivity index (χ0n) is 9.81. The first-order chi connectivity index (χ1) is 7.20. The number of rotatable bonds is 6. The molecule has 0 saturated carbocycles. The molecular formula is C11H20BrN3. The third-order valence-corrected chi connectivity index (χ3v) is 3.57. The summed E-state index contributed by atoms with van der Waals surface area (Å²) in [7, 11) is 2.00. The largest absolute Gasteiger partial charge is 0.320 e. The molecule has 1 rings (SSSR count). The van der Waals surface area contributed by atoms with Gasteiger partial charge >= 0.3 is 0 Å². The molecule has 0 aliphatic heterocycles. The van der Waals surface area contributed by atoms with E-state index in [2.05, 4.69) is 38.0 Å². The minimum atomic E-state index is 0.952. The highest BCUT2D eigenvalue weighted by molar-refractivity contribution is 9.10. The van der Waals surface area contributed by atoms with Crippen molar-refractivity contribution in [3.63, 3.8) is 0 Å². The summed E-state index contributed by atoms with van der Waals surface area (Å²) >= 11 is 3.61. The van der Waals surface area contributed by atoms with E-state index in [1.165, 1.54) is 23.0 Å². The first kappa shape index (κ1) is 12.7. The predicted molar refractivity (Wildman–Crippen MR) is 67.2 cm³/mol. The molecule has 1 heterocycles. The van der Waals surface area contributed by atoms with E-state index in [0.29, 0.717) is 0 Å². The number of halogens is 1. The van der Waals surface area contributed by atoms with Crippen LogP contribution in [0.5, 0.6) is 0 Å². The van der Waals surface area contributed by atoms with E-state index >= 15 is 0 Å². The van der Waals surface area contributed by atoms with Gasteiger partial charge in [0.05, 0.1) is 15.9 Å². The maximum absolute atomic E-state index is 4.48. The van der Waals surface area contributed by atoms with Gasteiger partial charge in [-0.25, -0.2) is 0 Å². The summed E-state index contributed by atoms with van der Waals surface area (Å²) in [5.74, 6) is 0. The maximum atomic E-state index is 4.48. The Labute approximate surface area is 100 Å². The zero-order chi connectivity index (χ0) is 11.3. The molecule has 0 fully saturated rings. The molecule has 0 aliphatic rings. The van der Waals surface area contributed by atoms with Crippen molar-refractivity contribution in [3.8, 4) is 0 Å². The molecule has 0 spiro atoms. The second-order valence-electron chi connectivity index (χ2n) is 3.72. The van der Waals surface area contributed by atoms with Crippen LogP contribution in [0.4, 0.5) is 0 Å². The van der Waals surface area contributed by atoms with Crippen LogP contribution >= 0.6 is 15.9 Å². The van der Waals surface area contributed by atoms with Gasteiger partial charge in [-0.2, -0.15) is 5.10 Å². The number of nitrogens with one attached hydrogen (secondary N) is 1. The van der Waals surface area contributed by atoms with Crippen LogP contribution in [0.1, 0.15) is 31.2 Å². The number of aryl methyl sites for hydroxylation is 2. The van der Waals surface area contributed by atoms with Crippen LogP contribution in [-0.2, 0) is 13.0 Å². The fraction of sp³-hybridized carbons (Fsp3) is 0.727. The lowest BCUT2D eigenvalue weighted by Crippen LogP contribution is -2.08. The Morgan fingerprint density at radius 1 is 1.40 bits per heavy atom. The summed E-state index contributed by atoms with van der Waals surface area (Å²) in [6, 6.07) is 0. The Bertz CT molecular complexity index is 307. The minimum Gasteiger partial charge on any atom is -0.320 e. The Balaban J connectivity index is 2.58. The van der Waals surface area contributed by atoms with Crippen LogP contribution in [0.3, 0.4) is 0 Å². The van der Waals surface area contributed by atoms with Crippen molar-refractivity contribution in [1.29, 1.82) is 0 Å². The standard InChI is InChI=1S/C11H20BrN3/c1-4-15-10(7-5-6-8-13-3)11(12)9(2)14-15/h13H,4-8H2,1-3H3. The Morgan fingerprint density at radius 2 is 2.13 bits per heavy atom. The summed E-state index contributed by atoms with van der Waals surface area (Å²) in [5.41, 5.74) is 2.44. The van der Waals surface area contributed by atoms with Crippen molar-refractivity contribution in [2.45, 2.75) is 39.7 Å². The van der Waals surface area contributed by atoms with E-state index in [-0.39, 0.29) is 0 Å². The quantitative estimate of drug-likeness (QED) is 0.808. The monoisotopic (exact) mass is 273 g/mol. The summed E-state index contributed by atoms with van der Waals surface area (Å²) in [6.45, 7) is 6.23. The van der Waals surface area contributed by atoms with Gasteiger partial charge in [0.1, 0.15) is 0 Å². The van der Waals surface area contributed by atoms with Gasteiger partial charge in [-0.05, 0) is 62.6 Å². The van der Waals surface area contributed by atoms with Crippen molar-refractivity contribution in [3.05, 3.63) is 15.9 Å². The van der Waals surface area contributed by atoms with Crippen LogP contribution in [0.15, 0.2) is 4.47 Å².